The predicted molar refractivity (Wildman–Crippen MR) is 68.0 cm³/mol. The van der Waals surface area contributed by atoms with Gasteiger partial charge in [-0.1, -0.05) is 30.3 Å². The molecule has 0 aromatic heterocycles. The Balaban J connectivity index is 0.00000144. The third kappa shape index (κ3) is 3.43. The molecule has 0 aliphatic carbocycles. The van der Waals surface area contributed by atoms with Gasteiger partial charge in [0.05, 0.1) is 13.2 Å². The summed E-state index contributed by atoms with van der Waals surface area (Å²) in [5, 5.41) is 0. The number of carbonyl (C=O) groups excluding carboxylic acids is 1. The molecule has 1 saturated heterocycles. The van der Waals surface area contributed by atoms with Crippen molar-refractivity contribution in [3.8, 4) is 0 Å². The number of nitrogens with two attached hydrogens (primary N) is 1. The van der Waals surface area contributed by atoms with Crippen LogP contribution in [0.2, 0.25) is 0 Å². The minimum absolute atomic E-state index is 0. The van der Waals surface area contributed by atoms with Gasteiger partial charge in [0, 0.05) is 13.1 Å². The van der Waals surface area contributed by atoms with E-state index in [1.807, 2.05) is 30.3 Å². The van der Waals surface area contributed by atoms with Crippen molar-refractivity contribution in [3.63, 3.8) is 0 Å². The summed E-state index contributed by atoms with van der Waals surface area (Å²) in [5.41, 5.74) is 6.80. The molecule has 1 heterocycles. The van der Waals surface area contributed by atoms with Crippen LogP contribution in [0, 0.1) is 0 Å². The average Bonchev–Trinajstić information content (AvgIpc) is 2.39. The molecule has 1 fully saturated rings. The number of rotatable bonds is 2. The summed E-state index contributed by atoms with van der Waals surface area (Å²) in [6.45, 7) is 2.49. The van der Waals surface area contributed by atoms with Crippen molar-refractivity contribution < 1.29 is 9.53 Å². The lowest BCUT2D eigenvalue weighted by molar-refractivity contribution is -0.136. The van der Waals surface area contributed by atoms with E-state index in [0.717, 1.165) is 5.56 Å². The number of ether oxygens (including phenoxy) is 1. The Morgan fingerprint density at radius 2 is 1.82 bits per heavy atom. The van der Waals surface area contributed by atoms with Crippen LogP contribution in [0.3, 0.4) is 0 Å². The highest BCUT2D eigenvalue weighted by molar-refractivity contribution is 5.85. The van der Waals surface area contributed by atoms with Gasteiger partial charge in [-0.25, -0.2) is 0 Å². The Kier molecular flexibility index (Phi) is 5.41. The van der Waals surface area contributed by atoms with Gasteiger partial charge in [0.25, 0.3) is 0 Å². The molecule has 1 aliphatic heterocycles. The summed E-state index contributed by atoms with van der Waals surface area (Å²) in [6, 6.07) is 8.89. The van der Waals surface area contributed by atoms with Crippen molar-refractivity contribution in [2.45, 2.75) is 6.04 Å². The minimum Gasteiger partial charge on any atom is -0.378 e. The second-order valence-corrected chi connectivity index (χ2v) is 3.83. The summed E-state index contributed by atoms with van der Waals surface area (Å²) in [6.07, 6.45) is 0. The molecule has 17 heavy (non-hydrogen) atoms. The number of nitrogens with zero attached hydrogens (tertiary/aromatic N) is 1. The molecular formula is C12H17ClN2O2. The molecule has 4 nitrogen and oxygen atoms in total. The average molecular weight is 257 g/mol. The molecule has 0 saturated carbocycles. The van der Waals surface area contributed by atoms with Crippen LogP contribution < -0.4 is 5.73 Å². The zero-order valence-electron chi connectivity index (χ0n) is 9.54. The van der Waals surface area contributed by atoms with Crippen LogP contribution in [-0.4, -0.2) is 37.1 Å². The number of carbonyl (C=O) groups is 1. The lowest BCUT2D eigenvalue weighted by Crippen LogP contribution is -2.45. The standard InChI is InChI=1S/C12H16N2O2.ClH/c13-11(10-4-2-1-3-5-10)12(15)14-6-8-16-9-7-14;/h1-5,11H,6-9,13H2;1H/t11-;/m0./s1. The Morgan fingerprint density at radius 1 is 1.24 bits per heavy atom. The van der Waals surface area contributed by atoms with Gasteiger partial charge in [0.15, 0.2) is 0 Å². The van der Waals surface area contributed by atoms with Crippen LogP contribution >= 0.6 is 12.4 Å². The zero-order valence-corrected chi connectivity index (χ0v) is 10.4. The second-order valence-electron chi connectivity index (χ2n) is 3.83. The van der Waals surface area contributed by atoms with Crippen molar-refractivity contribution in [1.29, 1.82) is 0 Å². The molecule has 1 amide bonds. The molecule has 1 atom stereocenters. The largest absolute Gasteiger partial charge is 0.378 e. The Labute approximate surface area is 107 Å². The third-order valence-corrected chi connectivity index (χ3v) is 2.75. The first-order valence-electron chi connectivity index (χ1n) is 5.46. The van der Waals surface area contributed by atoms with E-state index in [1.54, 1.807) is 4.90 Å². The maximum Gasteiger partial charge on any atom is 0.244 e. The molecule has 1 aromatic rings. The predicted octanol–water partition coefficient (Wildman–Crippen LogP) is 0.967. The highest BCUT2D eigenvalue weighted by Crippen LogP contribution is 2.13. The smallest absolute Gasteiger partial charge is 0.244 e. The fourth-order valence-electron chi connectivity index (χ4n) is 1.78. The van der Waals surface area contributed by atoms with E-state index in [2.05, 4.69) is 0 Å². The highest BCUT2D eigenvalue weighted by Gasteiger charge is 2.23. The molecule has 1 aromatic carbocycles. The molecular weight excluding hydrogens is 240 g/mol. The van der Waals surface area contributed by atoms with E-state index in [-0.39, 0.29) is 18.3 Å². The first kappa shape index (κ1) is 14.0. The molecule has 5 heteroatoms. The van der Waals surface area contributed by atoms with E-state index in [0.29, 0.717) is 26.3 Å². The number of morpholine rings is 1. The normalized spacial score (nSPS) is 17.1. The Morgan fingerprint density at radius 3 is 2.41 bits per heavy atom. The quantitative estimate of drug-likeness (QED) is 0.858. The number of amides is 1. The maximum absolute atomic E-state index is 12.0. The molecule has 1 aliphatic rings. The van der Waals surface area contributed by atoms with Crippen molar-refractivity contribution in [2.75, 3.05) is 26.3 Å². The van der Waals surface area contributed by atoms with Gasteiger partial charge in [-0.3, -0.25) is 4.79 Å². The number of halogens is 1. The van der Waals surface area contributed by atoms with Gasteiger partial charge in [0.2, 0.25) is 5.91 Å². The van der Waals surface area contributed by atoms with Gasteiger partial charge in [-0.15, -0.1) is 12.4 Å². The molecule has 0 spiro atoms. The fraction of sp³-hybridized carbons (Fsp3) is 0.417. The number of benzene rings is 1. The number of hydrogen-bond donors (Lipinski definition) is 1. The van der Waals surface area contributed by atoms with Crippen molar-refractivity contribution in [3.05, 3.63) is 35.9 Å². The van der Waals surface area contributed by atoms with Crippen molar-refractivity contribution in [2.24, 2.45) is 5.73 Å². The topological polar surface area (TPSA) is 55.6 Å². The minimum atomic E-state index is -0.556. The van der Waals surface area contributed by atoms with Gasteiger partial charge >= 0.3 is 0 Å². The zero-order chi connectivity index (χ0) is 11.4. The Hall–Kier alpha value is -1.10. The molecule has 2 N–H and O–H groups in total. The number of hydrogen-bond acceptors (Lipinski definition) is 3. The van der Waals surface area contributed by atoms with Crippen LogP contribution in [0.1, 0.15) is 11.6 Å². The third-order valence-electron chi connectivity index (χ3n) is 2.75. The SMILES string of the molecule is Cl.N[C@H](C(=O)N1CCOCC1)c1ccccc1. The maximum atomic E-state index is 12.0. The summed E-state index contributed by atoms with van der Waals surface area (Å²) < 4.78 is 5.20. The summed E-state index contributed by atoms with van der Waals surface area (Å²) >= 11 is 0. The van der Waals surface area contributed by atoms with Crippen LogP contribution in [-0.2, 0) is 9.53 Å². The van der Waals surface area contributed by atoms with Crippen LogP contribution in [0.5, 0.6) is 0 Å². The van der Waals surface area contributed by atoms with E-state index in [1.165, 1.54) is 0 Å². The second kappa shape index (κ2) is 6.59. The van der Waals surface area contributed by atoms with Crippen LogP contribution in [0.15, 0.2) is 30.3 Å². The van der Waals surface area contributed by atoms with Gasteiger partial charge in [0.1, 0.15) is 6.04 Å². The summed E-state index contributed by atoms with van der Waals surface area (Å²) in [5.74, 6) is -0.0190. The van der Waals surface area contributed by atoms with Crippen molar-refractivity contribution >= 4 is 18.3 Å². The lowest BCUT2D eigenvalue weighted by Gasteiger charge is -2.29. The fourth-order valence-corrected chi connectivity index (χ4v) is 1.78. The lowest BCUT2D eigenvalue weighted by atomic mass is 10.1. The first-order valence-corrected chi connectivity index (χ1v) is 5.46. The molecule has 2 rings (SSSR count). The molecule has 94 valence electrons. The van der Waals surface area contributed by atoms with Crippen LogP contribution in [0.25, 0.3) is 0 Å². The molecule has 0 unspecified atom stereocenters. The highest BCUT2D eigenvalue weighted by atomic mass is 35.5. The summed E-state index contributed by atoms with van der Waals surface area (Å²) in [7, 11) is 0. The monoisotopic (exact) mass is 256 g/mol. The van der Waals surface area contributed by atoms with Gasteiger partial charge < -0.3 is 15.4 Å². The molecule has 0 bridgehead atoms. The van der Waals surface area contributed by atoms with Gasteiger partial charge in [-0.05, 0) is 5.56 Å². The first-order chi connectivity index (χ1) is 7.79. The van der Waals surface area contributed by atoms with E-state index < -0.39 is 6.04 Å². The van der Waals surface area contributed by atoms with E-state index in [9.17, 15) is 4.79 Å². The van der Waals surface area contributed by atoms with Crippen LogP contribution in [0.4, 0.5) is 0 Å². The molecule has 0 radical (unpaired) electrons. The van der Waals surface area contributed by atoms with Gasteiger partial charge in [-0.2, -0.15) is 0 Å². The summed E-state index contributed by atoms with van der Waals surface area (Å²) in [4.78, 5) is 13.8. The van der Waals surface area contributed by atoms with Crippen molar-refractivity contribution in [1.82, 2.24) is 4.90 Å². The van der Waals surface area contributed by atoms with E-state index in [4.69, 9.17) is 10.5 Å². The van der Waals surface area contributed by atoms with E-state index >= 15 is 0 Å². The Bertz CT molecular complexity index is 353.